The van der Waals surface area contributed by atoms with Crippen LogP contribution in [0.5, 0.6) is 0 Å². The van der Waals surface area contributed by atoms with Crippen LogP contribution in [0.4, 0.5) is 0 Å². The number of aryl methyl sites for hydroxylation is 1. The zero-order valence-corrected chi connectivity index (χ0v) is 18.9. The third-order valence-corrected chi connectivity index (χ3v) is 6.79. The minimum absolute atomic E-state index is 0.0905. The van der Waals surface area contributed by atoms with E-state index in [4.69, 9.17) is 10.1 Å². The van der Waals surface area contributed by atoms with Crippen molar-refractivity contribution in [2.75, 3.05) is 0 Å². The molecule has 0 unspecified atom stereocenters. The Hall–Kier alpha value is -3.12. The summed E-state index contributed by atoms with van der Waals surface area (Å²) in [6, 6.07) is 18.7. The van der Waals surface area contributed by atoms with Crippen molar-refractivity contribution < 1.29 is 4.79 Å². The van der Waals surface area contributed by atoms with E-state index in [1.807, 2.05) is 53.4 Å². The standard InChI is InChI=1S/C26H26N4OS/c1-18-9-8-10-19(15-18)24-20(17-30(29-24)22-13-6-3-7-14-22)16-23-25(31)28-26(32-23)27-21-11-4-2-5-12-21/h3,6-10,13-17,21H,2,4-5,11-12H2,1H3,(H,27,28,31)/b23-16-. The topological polar surface area (TPSA) is 59.3 Å². The van der Waals surface area contributed by atoms with Gasteiger partial charge in [-0.1, -0.05) is 61.2 Å². The second kappa shape index (κ2) is 9.17. The van der Waals surface area contributed by atoms with E-state index in [0.717, 1.165) is 40.5 Å². The molecule has 1 aromatic heterocycles. The summed E-state index contributed by atoms with van der Waals surface area (Å²) in [5.74, 6) is -0.0905. The first-order valence-corrected chi connectivity index (χ1v) is 12.0. The fraction of sp³-hybridized carbons (Fsp3) is 0.269. The zero-order chi connectivity index (χ0) is 21.9. The highest BCUT2D eigenvalue weighted by atomic mass is 32.2. The molecule has 5 nitrogen and oxygen atoms in total. The van der Waals surface area contributed by atoms with Crippen LogP contribution in [0.2, 0.25) is 0 Å². The summed E-state index contributed by atoms with van der Waals surface area (Å²) in [6.07, 6.45) is 9.89. The zero-order valence-electron chi connectivity index (χ0n) is 18.1. The Morgan fingerprint density at radius 1 is 1.09 bits per heavy atom. The van der Waals surface area contributed by atoms with E-state index in [2.05, 4.69) is 30.4 Å². The molecule has 1 amide bonds. The number of rotatable bonds is 4. The lowest BCUT2D eigenvalue weighted by Crippen LogP contribution is -2.22. The van der Waals surface area contributed by atoms with Gasteiger partial charge in [-0.05, 0) is 55.8 Å². The molecule has 6 heteroatoms. The normalized spacial score (nSPS) is 19.6. The van der Waals surface area contributed by atoms with Crippen molar-refractivity contribution in [2.24, 2.45) is 4.99 Å². The van der Waals surface area contributed by atoms with Crippen LogP contribution in [0.25, 0.3) is 23.0 Å². The Kier molecular flexibility index (Phi) is 5.95. The molecule has 2 heterocycles. The van der Waals surface area contributed by atoms with Crippen LogP contribution in [-0.2, 0) is 4.79 Å². The molecule has 1 aliphatic carbocycles. The van der Waals surface area contributed by atoms with Gasteiger partial charge in [-0.25, -0.2) is 4.68 Å². The summed E-state index contributed by atoms with van der Waals surface area (Å²) in [4.78, 5) is 18.2. The number of aliphatic imine (C=N–C) groups is 1. The lowest BCUT2D eigenvalue weighted by atomic mass is 9.96. The van der Waals surface area contributed by atoms with Gasteiger partial charge in [-0.3, -0.25) is 9.79 Å². The third-order valence-electron chi connectivity index (χ3n) is 5.87. The molecule has 0 spiro atoms. The Balaban J connectivity index is 1.50. The molecular formula is C26H26N4OS. The van der Waals surface area contributed by atoms with E-state index in [9.17, 15) is 4.79 Å². The molecule has 1 N–H and O–H groups in total. The van der Waals surface area contributed by atoms with Gasteiger partial charge < -0.3 is 5.32 Å². The van der Waals surface area contributed by atoms with E-state index in [-0.39, 0.29) is 5.91 Å². The van der Waals surface area contributed by atoms with Crippen molar-refractivity contribution >= 4 is 28.9 Å². The van der Waals surface area contributed by atoms with Gasteiger partial charge in [0.15, 0.2) is 5.17 Å². The van der Waals surface area contributed by atoms with Crippen LogP contribution >= 0.6 is 11.8 Å². The van der Waals surface area contributed by atoms with Crippen molar-refractivity contribution in [3.05, 3.63) is 76.8 Å². The van der Waals surface area contributed by atoms with Crippen molar-refractivity contribution in [1.29, 1.82) is 0 Å². The first-order chi connectivity index (χ1) is 15.7. The molecule has 2 aliphatic rings. The van der Waals surface area contributed by atoms with E-state index in [0.29, 0.717) is 10.9 Å². The number of carbonyl (C=O) groups is 1. The average Bonchev–Trinajstić information content (AvgIpc) is 3.38. The van der Waals surface area contributed by atoms with Crippen LogP contribution in [0, 0.1) is 6.92 Å². The number of hydrogen-bond acceptors (Lipinski definition) is 4. The SMILES string of the molecule is Cc1cccc(-c2nn(-c3ccccc3)cc2/C=C2\SC(=NC3CCCCC3)NC2=O)c1. The molecule has 0 atom stereocenters. The molecule has 32 heavy (non-hydrogen) atoms. The number of nitrogens with zero attached hydrogens (tertiary/aromatic N) is 3. The Labute approximate surface area is 192 Å². The monoisotopic (exact) mass is 442 g/mol. The highest BCUT2D eigenvalue weighted by molar-refractivity contribution is 8.18. The van der Waals surface area contributed by atoms with Crippen molar-refractivity contribution in [3.8, 4) is 16.9 Å². The van der Waals surface area contributed by atoms with Gasteiger partial charge in [-0.2, -0.15) is 5.10 Å². The van der Waals surface area contributed by atoms with Gasteiger partial charge in [0.05, 0.1) is 22.3 Å². The fourth-order valence-corrected chi connectivity index (χ4v) is 5.11. The lowest BCUT2D eigenvalue weighted by Gasteiger charge is -2.17. The molecule has 5 rings (SSSR count). The Bertz CT molecular complexity index is 1190. The molecule has 2 fully saturated rings. The maximum absolute atomic E-state index is 12.7. The van der Waals surface area contributed by atoms with Crippen molar-refractivity contribution in [2.45, 2.75) is 45.1 Å². The Morgan fingerprint density at radius 2 is 1.91 bits per heavy atom. The van der Waals surface area contributed by atoms with Gasteiger partial charge in [0.2, 0.25) is 0 Å². The number of thioether (sulfide) groups is 1. The second-order valence-electron chi connectivity index (χ2n) is 8.37. The van der Waals surface area contributed by atoms with Crippen LogP contribution in [0.15, 0.2) is 70.7 Å². The smallest absolute Gasteiger partial charge is 0.264 e. The summed E-state index contributed by atoms with van der Waals surface area (Å²) in [5, 5.41) is 8.55. The van der Waals surface area contributed by atoms with Gasteiger partial charge in [0.1, 0.15) is 0 Å². The minimum atomic E-state index is -0.0905. The maximum atomic E-state index is 12.7. The minimum Gasteiger partial charge on any atom is -0.301 e. The second-order valence-corrected chi connectivity index (χ2v) is 9.40. The summed E-state index contributed by atoms with van der Waals surface area (Å²) >= 11 is 1.43. The molecule has 1 saturated carbocycles. The number of nitrogens with one attached hydrogen (secondary N) is 1. The third kappa shape index (κ3) is 4.55. The van der Waals surface area contributed by atoms with Gasteiger partial charge in [0, 0.05) is 17.3 Å². The molecule has 3 aromatic rings. The molecule has 0 bridgehead atoms. The average molecular weight is 443 g/mol. The largest absolute Gasteiger partial charge is 0.301 e. The summed E-state index contributed by atoms with van der Waals surface area (Å²) in [6.45, 7) is 2.07. The molecule has 1 saturated heterocycles. The highest BCUT2D eigenvalue weighted by Gasteiger charge is 2.26. The number of carbonyl (C=O) groups excluding carboxylic acids is 1. The quantitative estimate of drug-likeness (QED) is 0.524. The predicted molar refractivity (Wildman–Crippen MR) is 132 cm³/mol. The number of para-hydroxylation sites is 1. The summed E-state index contributed by atoms with van der Waals surface area (Å²) in [5.41, 5.74) is 4.96. The molecule has 0 radical (unpaired) electrons. The lowest BCUT2D eigenvalue weighted by molar-refractivity contribution is -0.115. The predicted octanol–water partition coefficient (Wildman–Crippen LogP) is 5.74. The number of amidine groups is 1. The van der Waals surface area contributed by atoms with Crippen molar-refractivity contribution in [1.82, 2.24) is 15.1 Å². The molecule has 2 aromatic carbocycles. The van der Waals surface area contributed by atoms with Crippen LogP contribution in [0.1, 0.15) is 43.2 Å². The van der Waals surface area contributed by atoms with Gasteiger partial charge >= 0.3 is 0 Å². The van der Waals surface area contributed by atoms with E-state index < -0.39 is 0 Å². The maximum Gasteiger partial charge on any atom is 0.264 e. The molecule has 1 aliphatic heterocycles. The van der Waals surface area contributed by atoms with E-state index in [1.54, 1.807) is 0 Å². The van der Waals surface area contributed by atoms with Crippen molar-refractivity contribution in [3.63, 3.8) is 0 Å². The highest BCUT2D eigenvalue weighted by Crippen LogP contribution is 2.32. The number of amides is 1. The molecular weight excluding hydrogens is 416 g/mol. The van der Waals surface area contributed by atoms with Gasteiger partial charge in [0.25, 0.3) is 5.91 Å². The first-order valence-electron chi connectivity index (χ1n) is 11.2. The van der Waals surface area contributed by atoms with Crippen LogP contribution < -0.4 is 5.32 Å². The summed E-state index contributed by atoms with van der Waals surface area (Å²) in [7, 11) is 0. The number of benzene rings is 2. The fourth-order valence-electron chi connectivity index (χ4n) is 4.23. The Morgan fingerprint density at radius 3 is 2.69 bits per heavy atom. The number of hydrogen-bond donors (Lipinski definition) is 1. The summed E-state index contributed by atoms with van der Waals surface area (Å²) < 4.78 is 1.87. The first kappa shape index (κ1) is 20.8. The van der Waals surface area contributed by atoms with Crippen LogP contribution in [0.3, 0.4) is 0 Å². The van der Waals surface area contributed by atoms with E-state index in [1.165, 1.54) is 36.6 Å². The molecule has 162 valence electrons. The van der Waals surface area contributed by atoms with E-state index >= 15 is 0 Å². The van der Waals surface area contributed by atoms with Gasteiger partial charge in [-0.15, -0.1) is 0 Å². The van der Waals surface area contributed by atoms with Crippen LogP contribution in [-0.4, -0.2) is 26.9 Å². The number of aromatic nitrogens is 2.